The summed E-state index contributed by atoms with van der Waals surface area (Å²) in [5, 5.41) is 3.04. The first-order chi connectivity index (χ1) is 10.1. The van der Waals surface area contributed by atoms with Crippen LogP contribution < -0.4 is 15.8 Å². The molecule has 1 aromatic rings. The first-order valence-corrected chi connectivity index (χ1v) is 7.45. The zero-order chi connectivity index (χ0) is 14.9. The van der Waals surface area contributed by atoms with Crippen molar-refractivity contribution in [2.24, 2.45) is 11.1 Å². The van der Waals surface area contributed by atoms with Gasteiger partial charge in [-0.25, -0.2) is 0 Å². The van der Waals surface area contributed by atoms with E-state index in [1.54, 1.807) is 0 Å². The molecular weight excluding hydrogens is 288 g/mol. The standard InChI is InChI=1S/C15H18N2O3S/c16-13(21)15(5-7-19-8-6-15)14(18)17-11-9-20-12-4-2-1-3-10(11)12/h1-4,11H,5-9H2,(H2,16,21)(H,17,18). The minimum atomic E-state index is -0.800. The lowest BCUT2D eigenvalue weighted by Gasteiger charge is -2.35. The van der Waals surface area contributed by atoms with Crippen molar-refractivity contribution in [3.8, 4) is 5.75 Å². The highest BCUT2D eigenvalue weighted by atomic mass is 32.1. The van der Waals surface area contributed by atoms with E-state index in [9.17, 15) is 4.79 Å². The van der Waals surface area contributed by atoms with Gasteiger partial charge in [-0.3, -0.25) is 4.79 Å². The Morgan fingerprint density at radius 3 is 2.76 bits per heavy atom. The van der Waals surface area contributed by atoms with E-state index in [1.807, 2.05) is 24.3 Å². The molecule has 1 fully saturated rings. The summed E-state index contributed by atoms with van der Waals surface area (Å²) in [6, 6.07) is 7.56. The summed E-state index contributed by atoms with van der Waals surface area (Å²) in [5.74, 6) is 0.697. The Kier molecular flexibility index (Phi) is 3.82. The van der Waals surface area contributed by atoms with Gasteiger partial charge in [0.2, 0.25) is 5.91 Å². The summed E-state index contributed by atoms with van der Waals surface area (Å²) in [5.41, 5.74) is 6.05. The minimum absolute atomic E-state index is 0.122. The molecule has 0 saturated carbocycles. The van der Waals surface area contributed by atoms with Crippen molar-refractivity contribution in [2.45, 2.75) is 18.9 Å². The van der Waals surface area contributed by atoms with Crippen LogP contribution in [0.25, 0.3) is 0 Å². The van der Waals surface area contributed by atoms with Gasteiger partial charge in [0, 0.05) is 18.8 Å². The third-order valence-electron chi connectivity index (χ3n) is 4.26. The van der Waals surface area contributed by atoms with Crippen LogP contribution in [0, 0.1) is 5.41 Å². The predicted octanol–water partition coefficient (Wildman–Crippen LogP) is 1.32. The fraction of sp³-hybridized carbons (Fsp3) is 0.467. The SMILES string of the molecule is NC(=S)C1(C(=O)NC2COc3ccccc32)CCOCC1. The second-order valence-corrected chi connectivity index (χ2v) is 5.87. The maximum absolute atomic E-state index is 12.7. The number of amides is 1. The van der Waals surface area contributed by atoms with Crippen molar-refractivity contribution >= 4 is 23.1 Å². The first-order valence-electron chi connectivity index (χ1n) is 7.04. The van der Waals surface area contributed by atoms with Crippen LogP contribution in [0.1, 0.15) is 24.4 Å². The Bertz CT molecular complexity index is 570. The van der Waals surface area contributed by atoms with E-state index in [2.05, 4.69) is 5.32 Å². The molecule has 1 saturated heterocycles. The predicted molar refractivity (Wildman–Crippen MR) is 82.1 cm³/mol. The molecule has 5 nitrogen and oxygen atoms in total. The van der Waals surface area contributed by atoms with Crippen LogP contribution in [0.4, 0.5) is 0 Å². The zero-order valence-corrected chi connectivity index (χ0v) is 12.4. The van der Waals surface area contributed by atoms with E-state index < -0.39 is 5.41 Å². The average Bonchev–Trinajstić information content (AvgIpc) is 2.91. The summed E-state index contributed by atoms with van der Waals surface area (Å²) in [6.07, 6.45) is 1.06. The van der Waals surface area contributed by atoms with Gasteiger partial charge in [0.1, 0.15) is 17.8 Å². The van der Waals surface area contributed by atoms with Crippen molar-refractivity contribution < 1.29 is 14.3 Å². The highest BCUT2D eigenvalue weighted by Gasteiger charge is 2.44. The van der Waals surface area contributed by atoms with Crippen LogP contribution in [-0.2, 0) is 9.53 Å². The molecule has 112 valence electrons. The lowest BCUT2D eigenvalue weighted by atomic mass is 9.79. The number of rotatable bonds is 3. The Labute approximate surface area is 128 Å². The molecular formula is C15H18N2O3S. The molecule has 2 aliphatic heterocycles. The van der Waals surface area contributed by atoms with E-state index in [1.165, 1.54) is 0 Å². The van der Waals surface area contributed by atoms with Gasteiger partial charge >= 0.3 is 0 Å². The molecule has 1 unspecified atom stereocenters. The third-order valence-corrected chi connectivity index (χ3v) is 4.65. The lowest BCUT2D eigenvalue weighted by molar-refractivity contribution is -0.132. The quantitative estimate of drug-likeness (QED) is 0.824. The molecule has 0 aromatic heterocycles. The van der Waals surface area contributed by atoms with Crippen molar-refractivity contribution in [2.75, 3.05) is 19.8 Å². The van der Waals surface area contributed by atoms with Gasteiger partial charge in [0.25, 0.3) is 0 Å². The maximum atomic E-state index is 12.7. The first kappa shape index (κ1) is 14.3. The normalized spacial score (nSPS) is 23.0. The van der Waals surface area contributed by atoms with E-state index in [4.69, 9.17) is 27.4 Å². The molecule has 2 aliphatic rings. The number of carbonyl (C=O) groups is 1. The van der Waals surface area contributed by atoms with Crippen molar-refractivity contribution in [3.05, 3.63) is 29.8 Å². The van der Waals surface area contributed by atoms with Gasteiger partial charge < -0.3 is 20.5 Å². The van der Waals surface area contributed by atoms with Crippen LogP contribution in [0.5, 0.6) is 5.75 Å². The summed E-state index contributed by atoms with van der Waals surface area (Å²) < 4.78 is 10.9. The topological polar surface area (TPSA) is 73.6 Å². The highest BCUT2D eigenvalue weighted by molar-refractivity contribution is 7.80. The summed E-state index contributed by atoms with van der Waals surface area (Å²) in [7, 11) is 0. The van der Waals surface area contributed by atoms with Crippen molar-refractivity contribution in [3.63, 3.8) is 0 Å². The third kappa shape index (κ3) is 2.49. The molecule has 3 N–H and O–H groups in total. The monoisotopic (exact) mass is 306 g/mol. The number of benzene rings is 1. The minimum Gasteiger partial charge on any atom is -0.491 e. The number of ether oxygens (including phenoxy) is 2. The summed E-state index contributed by atoms with van der Waals surface area (Å²) in [4.78, 5) is 13.0. The van der Waals surface area contributed by atoms with Crippen LogP contribution in [-0.4, -0.2) is 30.7 Å². The van der Waals surface area contributed by atoms with Gasteiger partial charge in [-0.05, 0) is 18.9 Å². The Hall–Kier alpha value is -1.66. The van der Waals surface area contributed by atoms with Gasteiger partial charge in [-0.2, -0.15) is 0 Å². The molecule has 1 atom stereocenters. The maximum Gasteiger partial charge on any atom is 0.233 e. The van der Waals surface area contributed by atoms with Crippen LogP contribution in [0.3, 0.4) is 0 Å². The summed E-state index contributed by atoms with van der Waals surface area (Å²) >= 11 is 5.15. The van der Waals surface area contributed by atoms with Gasteiger partial charge in [0.05, 0.1) is 11.0 Å². The number of hydrogen-bond donors (Lipinski definition) is 2. The van der Waals surface area contributed by atoms with E-state index >= 15 is 0 Å². The van der Waals surface area contributed by atoms with Gasteiger partial charge in [-0.1, -0.05) is 30.4 Å². The molecule has 1 amide bonds. The number of carbonyl (C=O) groups excluding carboxylic acids is 1. The van der Waals surface area contributed by atoms with Gasteiger partial charge in [-0.15, -0.1) is 0 Å². The van der Waals surface area contributed by atoms with Gasteiger partial charge in [0.15, 0.2) is 0 Å². The lowest BCUT2D eigenvalue weighted by Crippen LogP contribution is -2.52. The van der Waals surface area contributed by atoms with E-state index in [0.29, 0.717) is 32.7 Å². The molecule has 0 spiro atoms. The number of nitrogens with one attached hydrogen (secondary N) is 1. The number of fused-ring (bicyclic) bond motifs is 1. The fourth-order valence-corrected chi connectivity index (χ4v) is 3.18. The number of thiocarbonyl (C=S) groups is 1. The number of nitrogens with two attached hydrogens (primary N) is 1. The fourth-order valence-electron chi connectivity index (χ4n) is 2.88. The molecule has 21 heavy (non-hydrogen) atoms. The average molecular weight is 306 g/mol. The van der Waals surface area contributed by atoms with Crippen LogP contribution in [0.2, 0.25) is 0 Å². The van der Waals surface area contributed by atoms with Crippen LogP contribution >= 0.6 is 12.2 Å². The number of para-hydroxylation sites is 1. The second-order valence-electron chi connectivity index (χ2n) is 5.43. The van der Waals surface area contributed by atoms with E-state index in [-0.39, 0.29) is 16.9 Å². The molecule has 0 aliphatic carbocycles. The number of hydrogen-bond acceptors (Lipinski definition) is 4. The highest BCUT2D eigenvalue weighted by Crippen LogP contribution is 2.35. The second kappa shape index (κ2) is 5.61. The largest absolute Gasteiger partial charge is 0.491 e. The van der Waals surface area contributed by atoms with Crippen molar-refractivity contribution in [1.29, 1.82) is 0 Å². The zero-order valence-electron chi connectivity index (χ0n) is 11.6. The van der Waals surface area contributed by atoms with E-state index in [0.717, 1.165) is 11.3 Å². The Balaban J connectivity index is 1.78. The van der Waals surface area contributed by atoms with Crippen molar-refractivity contribution in [1.82, 2.24) is 5.32 Å². The Morgan fingerprint density at radius 1 is 1.33 bits per heavy atom. The summed E-state index contributed by atoms with van der Waals surface area (Å²) in [6.45, 7) is 1.44. The molecule has 0 radical (unpaired) electrons. The molecule has 0 bridgehead atoms. The van der Waals surface area contributed by atoms with Crippen LogP contribution in [0.15, 0.2) is 24.3 Å². The molecule has 1 aromatic carbocycles. The molecule has 3 rings (SSSR count). The molecule has 6 heteroatoms. The Morgan fingerprint density at radius 2 is 2.05 bits per heavy atom. The molecule has 2 heterocycles. The smallest absolute Gasteiger partial charge is 0.233 e.